The van der Waals surface area contributed by atoms with Crippen LogP contribution in [0.2, 0.25) is 0 Å². The van der Waals surface area contributed by atoms with Gasteiger partial charge in [-0.2, -0.15) is 0 Å². The molecule has 0 amide bonds. The highest BCUT2D eigenvalue weighted by Gasteiger charge is 2.21. The number of hydrogen-bond acceptors (Lipinski definition) is 3. The average molecular weight is 264 g/mol. The first-order valence-electron chi connectivity index (χ1n) is 7.74. The standard InChI is InChI=1S/C16H28N2O/c1-4-14-7-5-6-10-18(14)12-16-9-8-15(19-16)11-17-13(2)3/h8-9,13-14,17H,4-7,10-12H2,1-3H3. The van der Waals surface area contributed by atoms with Gasteiger partial charge in [-0.05, 0) is 37.9 Å². The van der Waals surface area contributed by atoms with Gasteiger partial charge in [0, 0.05) is 12.1 Å². The molecule has 1 unspecified atom stereocenters. The van der Waals surface area contributed by atoms with E-state index in [9.17, 15) is 0 Å². The van der Waals surface area contributed by atoms with Crippen LogP contribution in [0.1, 0.15) is 58.0 Å². The molecule has 1 aromatic heterocycles. The van der Waals surface area contributed by atoms with Crippen molar-refractivity contribution in [2.24, 2.45) is 0 Å². The molecule has 0 spiro atoms. The van der Waals surface area contributed by atoms with Crippen molar-refractivity contribution in [3.05, 3.63) is 23.7 Å². The van der Waals surface area contributed by atoms with Crippen molar-refractivity contribution < 1.29 is 4.42 Å². The van der Waals surface area contributed by atoms with E-state index in [1.807, 2.05) is 0 Å². The Morgan fingerprint density at radius 1 is 1.32 bits per heavy atom. The summed E-state index contributed by atoms with van der Waals surface area (Å²) in [6, 6.07) is 5.49. The summed E-state index contributed by atoms with van der Waals surface area (Å²) in [5.74, 6) is 2.16. The lowest BCUT2D eigenvalue weighted by Crippen LogP contribution is -2.38. The summed E-state index contributed by atoms with van der Waals surface area (Å²) in [5.41, 5.74) is 0. The normalized spacial score (nSPS) is 21.2. The fourth-order valence-electron chi connectivity index (χ4n) is 2.84. The Labute approximate surface area is 117 Å². The van der Waals surface area contributed by atoms with Gasteiger partial charge in [0.1, 0.15) is 11.5 Å². The molecule has 1 aliphatic rings. The van der Waals surface area contributed by atoms with E-state index in [1.165, 1.54) is 32.2 Å². The van der Waals surface area contributed by atoms with Crippen molar-refractivity contribution in [3.63, 3.8) is 0 Å². The van der Waals surface area contributed by atoms with Gasteiger partial charge in [-0.15, -0.1) is 0 Å². The molecule has 3 nitrogen and oxygen atoms in total. The second kappa shape index (κ2) is 7.11. The number of rotatable bonds is 6. The number of piperidine rings is 1. The Kier molecular flexibility index (Phi) is 5.46. The number of likely N-dealkylation sites (tertiary alicyclic amines) is 1. The van der Waals surface area contributed by atoms with Crippen LogP contribution in [0.25, 0.3) is 0 Å². The summed E-state index contributed by atoms with van der Waals surface area (Å²) in [6.45, 7) is 9.63. The highest BCUT2D eigenvalue weighted by atomic mass is 16.3. The third-order valence-electron chi connectivity index (χ3n) is 3.98. The molecule has 0 bridgehead atoms. The number of nitrogens with one attached hydrogen (secondary N) is 1. The molecule has 0 aliphatic carbocycles. The van der Waals surface area contributed by atoms with Crippen LogP contribution in [-0.2, 0) is 13.1 Å². The molecule has 1 saturated heterocycles. The highest BCUT2D eigenvalue weighted by molar-refractivity contribution is 5.07. The van der Waals surface area contributed by atoms with Gasteiger partial charge in [0.25, 0.3) is 0 Å². The number of nitrogens with zero attached hydrogens (tertiary/aromatic N) is 1. The van der Waals surface area contributed by atoms with Gasteiger partial charge < -0.3 is 9.73 Å². The first kappa shape index (κ1) is 14.6. The summed E-state index contributed by atoms with van der Waals surface area (Å²) >= 11 is 0. The van der Waals surface area contributed by atoms with Crippen molar-refractivity contribution >= 4 is 0 Å². The van der Waals surface area contributed by atoms with Crippen LogP contribution in [0, 0.1) is 0 Å². The second-order valence-corrected chi connectivity index (χ2v) is 5.93. The molecule has 108 valence electrons. The maximum absolute atomic E-state index is 5.93. The van der Waals surface area contributed by atoms with Crippen molar-refractivity contribution in [1.29, 1.82) is 0 Å². The number of hydrogen-bond donors (Lipinski definition) is 1. The van der Waals surface area contributed by atoms with Crippen LogP contribution < -0.4 is 5.32 Å². The minimum absolute atomic E-state index is 0.500. The van der Waals surface area contributed by atoms with E-state index >= 15 is 0 Å². The zero-order chi connectivity index (χ0) is 13.7. The van der Waals surface area contributed by atoms with E-state index in [4.69, 9.17) is 4.42 Å². The third kappa shape index (κ3) is 4.36. The van der Waals surface area contributed by atoms with Gasteiger partial charge >= 0.3 is 0 Å². The average Bonchev–Trinajstić information content (AvgIpc) is 2.85. The monoisotopic (exact) mass is 264 g/mol. The Hall–Kier alpha value is -0.800. The lowest BCUT2D eigenvalue weighted by Gasteiger charge is -2.34. The van der Waals surface area contributed by atoms with Crippen molar-refractivity contribution in [3.8, 4) is 0 Å². The van der Waals surface area contributed by atoms with Gasteiger partial charge in [-0.25, -0.2) is 0 Å². The molecule has 0 radical (unpaired) electrons. The Balaban J connectivity index is 1.88. The zero-order valence-electron chi connectivity index (χ0n) is 12.6. The first-order valence-corrected chi connectivity index (χ1v) is 7.74. The van der Waals surface area contributed by atoms with E-state index in [2.05, 4.69) is 43.1 Å². The molecule has 1 aromatic rings. The molecule has 19 heavy (non-hydrogen) atoms. The second-order valence-electron chi connectivity index (χ2n) is 5.93. The topological polar surface area (TPSA) is 28.4 Å². The molecule has 3 heteroatoms. The van der Waals surface area contributed by atoms with Crippen LogP contribution in [-0.4, -0.2) is 23.5 Å². The highest BCUT2D eigenvalue weighted by Crippen LogP contribution is 2.22. The molecule has 0 aromatic carbocycles. The van der Waals surface area contributed by atoms with E-state index in [0.717, 1.165) is 30.7 Å². The molecule has 0 saturated carbocycles. The smallest absolute Gasteiger partial charge is 0.118 e. The maximum Gasteiger partial charge on any atom is 0.118 e. The van der Waals surface area contributed by atoms with E-state index in [0.29, 0.717) is 6.04 Å². The van der Waals surface area contributed by atoms with Crippen molar-refractivity contribution in [2.45, 2.75) is 71.6 Å². The lowest BCUT2D eigenvalue weighted by molar-refractivity contribution is 0.125. The SMILES string of the molecule is CCC1CCCCN1Cc1ccc(CNC(C)C)o1. The van der Waals surface area contributed by atoms with E-state index < -0.39 is 0 Å². The molecule has 2 rings (SSSR count). The molecule has 1 aliphatic heterocycles. The zero-order valence-corrected chi connectivity index (χ0v) is 12.6. The lowest BCUT2D eigenvalue weighted by atomic mass is 10.00. The molecule has 1 atom stereocenters. The summed E-state index contributed by atoms with van der Waals surface area (Å²) in [5, 5.41) is 3.39. The predicted octanol–water partition coefficient (Wildman–Crippen LogP) is 3.54. The van der Waals surface area contributed by atoms with Gasteiger partial charge in [0.2, 0.25) is 0 Å². The van der Waals surface area contributed by atoms with Crippen LogP contribution in [0.5, 0.6) is 0 Å². The molecule has 2 heterocycles. The fourth-order valence-corrected chi connectivity index (χ4v) is 2.84. The van der Waals surface area contributed by atoms with Crippen LogP contribution >= 0.6 is 0 Å². The molecule has 1 N–H and O–H groups in total. The Bertz CT molecular complexity index is 373. The van der Waals surface area contributed by atoms with Gasteiger partial charge in [-0.1, -0.05) is 27.2 Å². The minimum Gasteiger partial charge on any atom is -0.463 e. The van der Waals surface area contributed by atoms with Crippen molar-refractivity contribution in [1.82, 2.24) is 10.2 Å². The Morgan fingerprint density at radius 3 is 2.84 bits per heavy atom. The van der Waals surface area contributed by atoms with Crippen molar-refractivity contribution in [2.75, 3.05) is 6.54 Å². The van der Waals surface area contributed by atoms with Crippen LogP contribution in [0.4, 0.5) is 0 Å². The summed E-state index contributed by atoms with van der Waals surface area (Å²) in [4.78, 5) is 2.59. The van der Waals surface area contributed by atoms with Crippen LogP contribution in [0.3, 0.4) is 0 Å². The summed E-state index contributed by atoms with van der Waals surface area (Å²) in [7, 11) is 0. The largest absolute Gasteiger partial charge is 0.463 e. The fraction of sp³-hybridized carbons (Fsp3) is 0.750. The Morgan fingerprint density at radius 2 is 2.11 bits per heavy atom. The predicted molar refractivity (Wildman–Crippen MR) is 79.0 cm³/mol. The summed E-state index contributed by atoms with van der Waals surface area (Å²) < 4.78 is 5.93. The third-order valence-corrected chi connectivity index (χ3v) is 3.98. The quantitative estimate of drug-likeness (QED) is 0.852. The molecular formula is C16H28N2O. The summed E-state index contributed by atoms with van der Waals surface area (Å²) in [6.07, 6.45) is 5.32. The van der Waals surface area contributed by atoms with Gasteiger partial charge in [0.05, 0.1) is 13.1 Å². The molecule has 1 fully saturated rings. The minimum atomic E-state index is 0.500. The van der Waals surface area contributed by atoms with E-state index in [-0.39, 0.29) is 0 Å². The maximum atomic E-state index is 5.93. The van der Waals surface area contributed by atoms with E-state index in [1.54, 1.807) is 0 Å². The first-order chi connectivity index (χ1) is 9.19. The molecular weight excluding hydrogens is 236 g/mol. The van der Waals surface area contributed by atoms with Gasteiger partial charge in [0.15, 0.2) is 0 Å². The van der Waals surface area contributed by atoms with Gasteiger partial charge in [-0.3, -0.25) is 4.90 Å². The number of furan rings is 1. The van der Waals surface area contributed by atoms with Crippen LogP contribution in [0.15, 0.2) is 16.5 Å².